The fourth-order valence-corrected chi connectivity index (χ4v) is 5.47. The van der Waals surface area contributed by atoms with Crippen molar-refractivity contribution in [2.75, 3.05) is 13.1 Å². The van der Waals surface area contributed by atoms with Crippen molar-refractivity contribution in [3.8, 4) is 23.3 Å². The van der Waals surface area contributed by atoms with Crippen LogP contribution in [0.5, 0.6) is 0 Å². The van der Waals surface area contributed by atoms with E-state index in [1.165, 1.54) is 24.6 Å². The first kappa shape index (κ1) is 21.3. The Morgan fingerprint density at radius 2 is 1.85 bits per heavy atom. The molecular formula is C25H23N7S. The maximum Gasteiger partial charge on any atom is 0.103 e. The van der Waals surface area contributed by atoms with Crippen LogP contribution in [0.4, 0.5) is 0 Å². The van der Waals surface area contributed by atoms with Crippen molar-refractivity contribution in [1.29, 1.82) is 10.5 Å². The first-order valence-corrected chi connectivity index (χ1v) is 11.8. The molecule has 1 aliphatic rings. The van der Waals surface area contributed by atoms with Crippen molar-refractivity contribution in [2.24, 2.45) is 5.92 Å². The van der Waals surface area contributed by atoms with E-state index < -0.39 is 0 Å². The molecule has 8 heteroatoms. The van der Waals surface area contributed by atoms with Crippen LogP contribution in [0.2, 0.25) is 0 Å². The highest BCUT2D eigenvalue weighted by Crippen LogP contribution is 2.37. The van der Waals surface area contributed by atoms with Crippen molar-refractivity contribution in [1.82, 2.24) is 24.7 Å². The molecule has 0 amide bonds. The largest absolute Gasteiger partial charge is 0.317 e. The molecule has 0 atom stereocenters. The van der Waals surface area contributed by atoms with Gasteiger partial charge in [0.05, 0.1) is 29.0 Å². The van der Waals surface area contributed by atoms with Gasteiger partial charge in [-0.1, -0.05) is 23.9 Å². The highest BCUT2D eigenvalue weighted by molar-refractivity contribution is 7.99. The Morgan fingerprint density at radius 3 is 2.64 bits per heavy atom. The Morgan fingerprint density at radius 1 is 1.06 bits per heavy atom. The summed E-state index contributed by atoms with van der Waals surface area (Å²) in [6.07, 6.45) is 7.81. The van der Waals surface area contributed by atoms with Crippen LogP contribution in [0.1, 0.15) is 29.7 Å². The second-order valence-electron chi connectivity index (χ2n) is 8.29. The number of benzene rings is 1. The van der Waals surface area contributed by atoms with E-state index in [0.717, 1.165) is 51.8 Å². The van der Waals surface area contributed by atoms with Crippen LogP contribution in [-0.2, 0) is 6.54 Å². The summed E-state index contributed by atoms with van der Waals surface area (Å²) in [6.45, 7) is 5.17. The number of pyridine rings is 1. The lowest BCUT2D eigenvalue weighted by Crippen LogP contribution is -2.30. The van der Waals surface area contributed by atoms with Gasteiger partial charge < -0.3 is 5.32 Å². The molecule has 7 nitrogen and oxygen atoms in total. The average molecular weight is 454 g/mol. The SMILES string of the molecule is Cc1c(-c2cc(Sc3ccccc3C#N)c3c(C#N)cnn3c2)cnn1CC1CCNCC1. The number of nitriles is 2. The van der Waals surface area contributed by atoms with Crippen molar-refractivity contribution >= 4 is 17.3 Å². The lowest BCUT2D eigenvalue weighted by atomic mass is 9.98. The molecule has 5 rings (SSSR count). The third kappa shape index (κ3) is 4.11. The molecule has 1 aromatic carbocycles. The number of hydrogen-bond acceptors (Lipinski definition) is 6. The second kappa shape index (κ2) is 9.11. The lowest BCUT2D eigenvalue weighted by Gasteiger charge is -2.23. The minimum Gasteiger partial charge on any atom is -0.317 e. The van der Waals surface area contributed by atoms with Crippen LogP contribution in [0.3, 0.4) is 0 Å². The maximum atomic E-state index is 9.62. The Labute approximate surface area is 196 Å². The zero-order valence-corrected chi connectivity index (χ0v) is 19.1. The summed E-state index contributed by atoms with van der Waals surface area (Å²) in [5.74, 6) is 0.637. The highest BCUT2D eigenvalue weighted by Gasteiger charge is 2.19. The minimum atomic E-state index is 0.511. The van der Waals surface area contributed by atoms with E-state index in [-0.39, 0.29) is 0 Å². The van der Waals surface area contributed by atoms with Crippen molar-refractivity contribution in [2.45, 2.75) is 36.1 Å². The Bertz CT molecular complexity index is 1400. The van der Waals surface area contributed by atoms with Crippen molar-refractivity contribution in [3.05, 3.63) is 65.7 Å². The average Bonchev–Trinajstić information content (AvgIpc) is 3.43. The molecular weight excluding hydrogens is 430 g/mol. The van der Waals surface area contributed by atoms with Crippen LogP contribution < -0.4 is 5.32 Å². The zero-order valence-electron chi connectivity index (χ0n) is 18.3. The quantitative estimate of drug-likeness (QED) is 0.481. The number of piperidine rings is 1. The monoisotopic (exact) mass is 453 g/mol. The summed E-state index contributed by atoms with van der Waals surface area (Å²) < 4.78 is 3.87. The number of nitrogens with one attached hydrogen (secondary N) is 1. The standard InChI is InChI=1S/C25H23N7S/c1-17-22(14-30-31(17)15-18-6-8-28-9-7-18)20-10-24(25-21(12-27)13-29-32(25)16-20)33-23-5-3-2-4-19(23)11-26/h2-5,10,13-14,16,18,28H,6-9,15H2,1H3. The molecule has 1 saturated heterocycles. The summed E-state index contributed by atoms with van der Waals surface area (Å²) >= 11 is 1.48. The molecule has 0 spiro atoms. The Hall–Kier alpha value is -3.59. The summed E-state index contributed by atoms with van der Waals surface area (Å²) in [6, 6.07) is 14.1. The Kier molecular flexibility index (Phi) is 5.87. The maximum absolute atomic E-state index is 9.62. The highest BCUT2D eigenvalue weighted by atomic mass is 32.2. The van der Waals surface area contributed by atoms with Gasteiger partial charge in [-0.15, -0.1) is 0 Å². The molecule has 1 N–H and O–H groups in total. The number of hydrogen-bond donors (Lipinski definition) is 1. The molecule has 1 aliphatic heterocycles. The zero-order chi connectivity index (χ0) is 22.8. The summed E-state index contributed by atoms with van der Waals surface area (Å²) in [5, 5.41) is 31.7. The van der Waals surface area contributed by atoms with Crippen LogP contribution in [0, 0.1) is 35.5 Å². The molecule has 0 radical (unpaired) electrons. The molecule has 0 saturated carbocycles. The minimum absolute atomic E-state index is 0.511. The van der Waals surface area contributed by atoms with Crippen LogP contribution >= 0.6 is 11.8 Å². The second-order valence-corrected chi connectivity index (χ2v) is 9.37. The van der Waals surface area contributed by atoms with Crippen molar-refractivity contribution in [3.63, 3.8) is 0 Å². The van der Waals surface area contributed by atoms with E-state index in [4.69, 9.17) is 5.10 Å². The summed E-state index contributed by atoms with van der Waals surface area (Å²) in [5.41, 5.74) is 5.02. The van der Waals surface area contributed by atoms with Gasteiger partial charge >= 0.3 is 0 Å². The molecule has 0 unspecified atom stereocenters. The number of nitrogens with zero attached hydrogens (tertiary/aromatic N) is 6. The van der Waals surface area contributed by atoms with Gasteiger partial charge in [0.2, 0.25) is 0 Å². The summed E-state index contributed by atoms with van der Waals surface area (Å²) in [4.78, 5) is 1.73. The lowest BCUT2D eigenvalue weighted by molar-refractivity contribution is 0.319. The van der Waals surface area contributed by atoms with Gasteiger partial charge in [0.15, 0.2) is 0 Å². The van der Waals surface area contributed by atoms with Gasteiger partial charge in [-0.3, -0.25) is 4.68 Å². The number of aromatic nitrogens is 4. The molecule has 164 valence electrons. The van der Waals surface area contributed by atoms with E-state index in [2.05, 4.69) is 40.2 Å². The number of fused-ring (bicyclic) bond motifs is 1. The molecule has 33 heavy (non-hydrogen) atoms. The fourth-order valence-electron chi connectivity index (χ4n) is 4.38. The molecule has 1 fully saturated rings. The predicted molar refractivity (Wildman–Crippen MR) is 127 cm³/mol. The van der Waals surface area contributed by atoms with Gasteiger partial charge in [-0.2, -0.15) is 20.7 Å². The van der Waals surface area contributed by atoms with Crippen LogP contribution in [0.25, 0.3) is 16.6 Å². The normalized spacial score (nSPS) is 14.3. The van der Waals surface area contributed by atoms with Gasteiger partial charge in [0.25, 0.3) is 0 Å². The van der Waals surface area contributed by atoms with E-state index >= 15 is 0 Å². The van der Waals surface area contributed by atoms with E-state index in [1.54, 1.807) is 16.8 Å². The Balaban J connectivity index is 1.56. The third-order valence-corrected chi connectivity index (χ3v) is 7.34. The first-order chi connectivity index (χ1) is 16.2. The first-order valence-electron chi connectivity index (χ1n) is 11.0. The summed E-state index contributed by atoms with van der Waals surface area (Å²) in [7, 11) is 0. The number of rotatable bonds is 5. The van der Waals surface area contributed by atoms with Gasteiger partial charge in [0.1, 0.15) is 12.1 Å². The van der Waals surface area contributed by atoms with Crippen molar-refractivity contribution < 1.29 is 0 Å². The van der Waals surface area contributed by atoms with Gasteiger partial charge in [0, 0.05) is 39.4 Å². The molecule has 4 aromatic rings. The third-order valence-electron chi connectivity index (χ3n) is 6.23. The topological polar surface area (TPSA) is 94.7 Å². The van der Waals surface area contributed by atoms with Gasteiger partial charge in [-0.25, -0.2) is 4.52 Å². The molecule has 0 aliphatic carbocycles. The molecule has 3 aromatic heterocycles. The van der Waals surface area contributed by atoms with E-state index in [9.17, 15) is 10.5 Å². The van der Waals surface area contributed by atoms with Crippen LogP contribution in [-0.4, -0.2) is 32.5 Å². The molecule has 0 bridgehead atoms. The van der Waals surface area contributed by atoms with E-state index in [1.807, 2.05) is 30.6 Å². The predicted octanol–water partition coefficient (Wildman–Crippen LogP) is 4.40. The van der Waals surface area contributed by atoms with Gasteiger partial charge in [-0.05, 0) is 57.0 Å². The molecule has 4 heterocycles. The fraction of sp³-hybridized carbons (Fsp3) is 0.280. The van der Waals surface area contributed by atoms with E-state index in [0.29, 0.717) is 17.0 Å². The van der Waals surface area contributed by atoms with Crippen LogP contribution in [0.15, 0.2) is 58.7 Å². The smallest absolute Gasteiger partial charge is 0.103 e.